The van der Waals surface area contributed by atoms with E-state index in [1.165, 1.54) is 12.1 Å². The molecule has 1 amide bonds. The van der Waals surface area contributed by atoms with Crippen LogP contribution in [0.25, 0.3) is 0 Å². The fourth-order valence-corrected chi connectivity index (χ4v) is 2.36. The molecule has 0 unspecified atom stereocenters. The van der Waals surface area contributed by atoms with Gasteiger partial charge in [-0.05, 0) is 30.7 Å². The van der Waals surface area contributed by atoms with Crippen LogP contribution in [0, 0.1) is 6.92 Å². The molecule has 1 N–H and O–H groups in total. The van der Waals surface area contributed by atoms with E-state index in [2.05, 4.69) is 5.10 Å². The Morgan fingerprint density at radius 1 is 1.46 bits per heavy atom. The Labute approximate surface area is 139 Å². The molecule has 0 aromatic heterocycles. The van der Waals surface area contributed by atoms with Gasteiger partial charge in [0.2, 0.25) is 5.72 Å². The molecule has 0 spiro atoms. The topological polar surface area (TPSA) is 62.1 Å². The summed E-state index contributed by atoms with van der Waals surface area (Å²) in [5, 5.41) is 13.4. The molecule has 132 valence electrons. The lowest BCUT2D eigenvalue weighted by atomic mass is 10.1. The fourth-order valence-electron chi connectivity index (χ4n) is 2.13. The molecule has 0 saturated heterocycles. The van der Waals surface area contributed by atoms with E-state index >= 15 is 0 Å². The molecule has 2 rings (SSSR count). The van der Waals surface area contributed by atoms with Gasteiger partial charge in [-0.2, -0.15) is 10.1 Å². The van der Waals surface area contributed by atoms with Crippen LogP contribution in [-0.2, 0) is 4.79 Å². The third-order valence-corrected chi connectivity index (χ3v) is 3.60. The van der Waals surface area contributed by atoms with Gasteiger partial charge in [0.25, 0.3) is 18.8 Å². The molecule has 1 aliphatic rings. The largest absolute Gasteiger partial charge is 0.483 e. The summed E-state index contributed by atoms with van der Waals surface area (Å²) in [6.07, 6.45) is -7.76. The number of amides is 1. The van der Waals surface area contributed by atoms with Crippen LogP contribution in [0.15, 0.2) is 23.3 Å². The van der Waals surface area contributed by atoms with Gasteiger partial charge in [0.1, 0.15) is 11.5 Å². The maximum Gasteiger partial charge on any atom is 0.287 e. The molecule has 5 nitrogen and oxygen atoms in total. The molecular weight excluding hydrogens is 356 g/mol. The van der Waals surface area contributed by atoms with Crippen molar-refractivity contribution in [2.45, 2.75) is 31.9 Å². The number of rotatable bonds is 5. The predicted molar refractivity (Wildman–Crippen MR) is 77.5 cm³/mol. The highest BCUT2D eigenvalue weighted by molar-refractivity contribution is 6.30. The average molecular weight is 369 g/mol. The minimum Gasteiger partial charge on any atom is -0.483 e. The molecule has 1 aromatic carbocycles. The Morgan fingerprint density at radius 2 is 2.12 bits per heavy atom. The quantitative estimate of drug-likeness (QED) is 0.813. The lowest BCUT2D eigenvalue weighted by Gasteiger charge is -2.29. The van der Waals surface area contributed by atoms with Crippen LogP contribution in [0.3, 0.4) is 0 Å². The van der Waals surface area contributed by atoms with Crippen molar-refractivity contribution in [3.8, 4) is 5.75 Å². The number of carbonyl (C=O) groups excluding carboxylic acids is 1. The van der Waals surface area contributed by atoms with Gasteiger partial charge in [-0.1, -0.05) is 11.6 Å². The second-order valence-electron chi connectivity index (χ2n) is 5.15. The van der Waals surface area contributed by atoms with Crippen molar-refractivity contribution in [1.82, 2.24) is 5.01 Å². The number of hydrogen-bond donors (Lipinski definition) is 1. The number of hydrogen-bond acceptors (Lipinski definition) is 4. The molecule has 24 heavy (non-hydrogen) atoms. The number of halogens is 5. The van der Waals surface area contributed by atoms with E-state index < -0.39 is 43.2 Å². The third-order valence-electron chi connectivity index (χ3n) is 3.36. The average Bonchev–Trinajstić information content (AvgIpc) is 2.86. The van der Waals surface area contributed by atoms with E-state index in [0.717, 1.165) is 0 Å². The van der Waals surface area contributed by atoms with E-state index in [4.69, 9.17) is 16.3 Å². The van der Waals surface area contributed by atoms with Crippen LogP contribution < -0.4 is 4.74 Å². The Hall–Kier alpha value is -1.87. The fraction of sp³-hybridized carbons (Fsp3) is 0.429. The summed E-state index contributed by atoms with van der Waals surface area (Å²) in [6.45, 7) is 0.877. The summed E-state index contributed by atoms with van der Waals surface area (Å²) < 4.78 is 56.5. The third kappa shape index (κ3) is 3.62. The molecule has 0 fully saturated rings. The number of aryl methyl sites for hydroxylation is 1. The number of carbonyl (C=O) groups is 1. The van der Waals surface area contributed by atoms with Gasteiger partial charge in [-0.3, -0.25) is 4.79 Å². The Morgan fingerprint density at radius 3 is 2.67 bits per heavy atom. The van der Waals surface area contributed by atoms with Gasteiger partial charge >= 0.3 is 0 Å². The van der Waals surface area contributed by atoms with Crippen LogP contribution in [0.5, 0.6) is 5.75 Å². The monoisotopic (exact) mass is 368 g/mol. The summed E-state index contributed by atoms with van der Waals surface area (Å²) in [7, 11) is 0. The molecule has 1 atom stereocenters. The van der Waals surface area contributed by atoms with Gasteiger partial charge in [0.05, 0.1) is 0 Å². The second kappa shape index (κ2) is 6.94. The first-order valence-corrected chi connectivity index (χ1v) is 7.11. The van der Waals surface area contributed by atoms with Crippen LogP contribution >= 0.6 is 11.6 Å². The molecule has 0 radical (unpaired) electrons. The van der Waals surface area contributed by atoms with Crippen LogP contribution in [-0.4, -0.2) is 46.9 Å². The number of ether oxygens (including phenoxy) is 1. The zero-order valence-electron chi connectivity index (χ0n) is 12.3. The molecule has 1 aliphatic heterocycles. The van der Waals surface area contributed by atoms with Gasteiger partial charge < -0.3 is 9.84 Å². The minimum atomic E-state index is -3.47. The van der Waals surface area contributed by atoms with Crippen LogP contribution in [0.1, 0.15) is 12.0 Å². The second-order valence-corrected chi connectivity index (χ2v) is 5.59. The zero-order valence-corrected chi connectivity index (χ0v) is 13.1. The van der Waals surface area contributed by atoms with Crippen molar-refractivity contribution in [2.75, 3.05) is 6.61 Å². The number of aliphatic hydroxyl groups is 1. The first-order chi connectivity index (χ1) is 11.1. The van der Waals surface area contributed by atoms with Crippen molar-refractivity contribution >= 4 is 23.2 Å². The predicted octanol–water partition coefficient (Wildman–Crippen LogP) is 2.83. The Kier molecular flexibility index (Phi) is 5.34. The maximum atomic E-state index is 13.0. The highest BCUT2D eigenvalue weighted by atomic mass is 35.5. The molecule has 0 saturated carbocycles. The summed E-state index contributed by atoms with van der Waals surface area (Å²) in [5.41, 5.74) is -3.52. The van der Waals surface area contributed by atoms with E-state index in [-0.39, 0.29) is 10.8 Å². The highest BCUT2D eigenvalue weighted by Gasteiger charge is 2.53. The Bertz CT molecular complexity index is 671. The zero-order chi connectivity index (χ0) is 18.1. The summed E-state index contributed by atoms with van der Waals surface area (Å²) in [6, 6.07) is 4.51. The molecule has 0 bridgehead atoms. The van der Waals surface area contributed by atoms with E-state index in [9.17, 15) is 27.5 Å². The molecule has 10 heteroatoms. The summed E-state index contributed by atoms with van der Waals surface area (Å²) in [4.78, 5) is 12.0. The standard InChI is InChI=1S/C14H13ClF4N2O3/c1-7-4-8(15)2-3-10(7)24-6-11(22)21-14(23,13(18)19)5-9(20-21)12(16)17/h2-4,12-13,23H,5-6H2,1H3/t14-/m1/s1. The van der Waals surface area contributed by atoms with E-state index in [0.29, 0.717) is 10.6 Å². The smallest absolute Gasteiger partial charge is 0.287 e. The van der Waals surface area contributed by atoms with Crippen LogP contribution in [0.2, 0.25) is 5.02 Å². The van der Waals surface area contributed by atoms with Crippen molar-refractivity contribution in [2.24, 2.45) is 5.10 Å². The van der Waals surface area contributed by atoms with Crippen molar-refractivity contribution in [1.29, 1.82) is 0 Å². The van der Waals surface area contributed by atoms with Crippen LogP contribution in [0.4, 0.5) is 17.6 Å². The normalized spacial score (nSPS) is 20.7. The van der Waals surface area contributed by atoms with Crippen molar-refractivity contribution in [3.05, 3.63) is 28.8 Å². The number of alkyl halides is 4. The van der Waals surface area contributed by atoms with Crippen molar-refractivity contribution < 1.29 is 32.2 Å². The van der Waals surface area contributed by atoms with E-state index in [1.54, 1.807) is 13.0 Å². The lowest BCUT2D eigenvalue weighted by Crippen LogP contribution is -2.52. The molecule has 1 aromatic rings. The molecule has 1 heterocycles. The van der Waals surface area contributed by atoms with Crippen molar-refractivity contribution in [3.63, 3.8) is 0 Å². The molecular formula is C14H13ClF4N2O3. The molecule has 0 aliphatic carbocycles. The van der Waals surface area contributed by atoms with E-state index in [1.807, 2.05) is 0 Å². The van der Waals surface area contributed by atoms with Gasteiger partial charge in [0.15, 0.2) is 6.61 Å². The first-order valence-electron chi connectivity index (χ1n) is 6.73. The van der Waals surface area contributed by atoms with Gasteiger partial charge in [0, 0.05) is 11.4 Å². The highest BCUT2D eigenvalue weighted by Crippen LogP contribution is 2.33. The van der Waals surface area contributed by atoms with Gasteiger partial charge in [-0.25, -0.2) is 17.6 Å². The number of nitrogens with zero attached hydrogens (tertiary/aromatic N) is 2. The maximum absolute atomic E-state index is 13.0. The lowest BCUT2D eigenvalue weighted by molar-refractivity contribution is -0.193. The Balaban J connectivity index is 2.14. The summed E-state index contributed by atoms with van der Waals surface area (Å²) in [5.74, 6) is -0.923. The SMILES string of the molecule is Cc1cc(Cl)ccc1OCC(=O)N1N=C(C(F)F)C[C@@]1(O)C(F)F. The number of hydrazone groups is 1. The minimum absolute atomic E-state index is 0.0373. The summed E-state index contributed by atoms with van der Waals surface area (Å²) >= 11 is 5.77. The van der Waals surface area contributed by atoms with Gasteiger partial charge in [-0.15, -0.1) is 0 Å². The first kappa shape index (κ1) is 18.5. The number of benzene rings is 1.